The highest BCUT2D eigenvalue weighted by Crippen LogP contribution is 2.12. The number of nitrogens with one attached hydrogen (secondary N) is 2. The molecule has 0 radical (unpaired) electrons. The molecule has 0 saturated carbocycles. The fourth-order valence-electron chi connectivity index (χ4n) is 1.85. The second-order valence-electron chi connectivity index (χ2n) is 4.33. The van der Waals surface area contributed by atoms with Gasteiger partial charge in [0.25, 0.3) is 0 Å². The molecule has 2 aromatic rings. The van der Waals surface area contributed by atoms with E-state index in [1.165, 1.54) is 0 Å². The maximum absolute atomic E-state index is 11.7. The normalized spacial score (nSPS) is 10.3. The second kappa shape index (κ2) is 6.58. The number of aromatic amines is 1. The van der Waals surface area contributed by atoms with E-state index in [0.29, 0.717) is 25.8 Å². The van der Waals surface area contributed by atoms with Crippen LogP contribution in [0.4, 0.5) is 5.69 Å². The number of benzene rings is 1. The number of carbonyl (C=O) groups is 1. The van der Waals surface area contributed by atoms with Crippen molar-refractivity contribution in [1.82, 2.24) is 15.3 Å². The van der Waals surface area contributed by atoms with E-state index in [1.807, 2.05) is 24.3 Å². The highest BCUT2D eigenvalue weighted by Gasteiger charge is 2.04. The van der Waals surface area contributed by atoms with E-state index in [1.54, 1.807) is 12.4 Å². The molecule has 19 heavy (non-hydrogen) atoms. The summed E-state index contributed by atoms with van der Waals surface area (Å²) >= 11 is 0. The summed E-state index contributed by atoms with van der Waals surface area (Å²) < 4.78 is 0. The van der Waals surface area contributed by atoms with Crippen molar-refractivity contribution in [3.63, 3.8) is 0 Å². The van der Waals surface area contributed by atoms with E-state index in [4.69, 9.17) is 5.73 Å². The molecule has 0 fully saturated rings. The van der Waals surface area contributed by atoms with Crippen LogP contribution in [0.2, 0.25) is 0 Å². The van der Waals surface area contributed by atoms with Crippen molar-refractivity contribution >= 4 is 11.6 Å². The number of amides is 1. The molecule has 0 atom stereocenters. The Hall–Kier alpha value is -2.30. The fraction of sp³-hybridized carbons (Fsp3) is 0.286. The maximum atomic E-state index is 11.7. The largest absolute Gasteiger partial charge is 0.399 e. The highest BCUT2D eigenvalue weighted by molar-refractivity contribution is 5.76. The van der Waals surface area contributed by atoms with E-state index in [2.05, 4.69) is 15.3 Å². The van der Waals surface area contributed by atoms with E-state index < -0.39 is 0 Å². The smallest absolute Gasteiger partial charge is 0.220 e. The Bertz CT molecular complexity index is 522. The third-order valence-electron chi connectivity index (χ3n) is 2.92. The SMILES string of the molecule is Nc1ccccc1CCC(=O)NCCc1ncc[nH]1. The first-order valence-electron chi connectivity index (χ1n) is 6.34. The van der Waals surface area contributed by atoms with Crippen LogP contribution in [0, 0.1) is 0 Å². The predicted octanol–water partition coefficient (Wildman–Crippen LogP) is 1.28. The average Bonchev–Trinajstić information content (AvgIpc) is 2.91. The van der Waals surface area contributed by atoms with Crippen molar-refractivity contribution in [2.45, 2.75) is 19.3 Å². The summed E-state index contributed by atoms with van der Waals surface area (Å²) in [6.45, 7) is 0.594. The van der Waals surface area contributed by atoms with Crippen molar-refractivity contribution < 1.29 is 4.79 Å². The number of para-hydroxylation sites is 1. The van der Waals surface area contributed by atoms with Gasteiger partial charge in [-0.3, -0.25) is 4.79 Å². The summed E-state index contributed by atoms with van der Waals surface area (Å²) in [5.74, 6) is 0.919. The minimum Gasteiger partial charge on any atom is -0.399 e. The third-order valence-corrected chi connectivity index (χ3v) is 2.92. The van der Waals surface area contributed by atoms with Gasteiger partial charge in [0.05, 0.1) is 0 Å². The number of hydrogen-bond acceptors (Lipinski definition) is 3. The summed E-state index contributed by atoms with van der Waals surface area (Å²) in [5.41, 5.74) is 7.59. The molecule has 0 bridgehead atoms. The summed E-state index contributed by atoms with van der Waals surface area (Å²) in [4.78, 5) is 18.8. The summed E-state index contributed by atoms with van der Waals surface area (Å²) in [6.07, 6.45) is 5.31. The van der Waals surface area contributed by atoms with Crippen LogP contribution in [0.3, 0.4) is 0 Å². The molecule has 1 heterocycles. The van der Waals surface area contributed by atoms with E-state index in [0.717, 1.165) is 17.1 Å². The van der Waals surface area contributed by atoms with Gasteiger partial charge in [0.1, 0.15) is 5.82 Å². The van der Waals surface area contributed by atoms with Crippen molar-refractivity contribution in [1.29, 1.82) is 0 Å². The summed E-state index contributed by atoms with van der Waals surface area (Å²) in [6, 6.07) is 7.62. The molecule has 4 N–H and O–H groups in total. The predicted molar refractivity (Wildman–Crippen MR) is 74.5 cm³/mol. The summed E-state index contributed by atoms with van der Waals surface area (Å²) in [7, 11) is 0. The Balaban J connectivity index is 1.69. The molecule has 2 rings (SSSR count). The molecule has 5 heteroatoms. The van der Waals surface area contributed by atoms with E-state index >= 15 is 0 Å². The van der Waals surface area contributed by atoms with Crippen LogP contribution in [0.5, 0.6) is 0 Å². The number of nitrogen functional groups attached to an aromatic ring is 1. The van der Waals surface area contributed by atoms with Gasteiger partial charge in [0.2, 0.25) is 5.91 Å². The molecule has 1 aromatic heterocycles. The second-order valence-corrected chi connectivity index (χ2v) is 4.33. The van der Waals surface area contributed by atoms with Gasteiger partial charge in [0.15, 0.2) is 0 Å². The van der Waals surface area contributed by atoms with Crippen molar-refractivity contribution in [2.75, 3.05) is 12.3 Å². The topological polar surface area (TPSA) is 83.8 Å². The first-order chi connectivity index (χ1) is 9.25. The lowest BCUT2D eigenvalue weighted by Gasteiger charge is -2.06. The monoisotopic (exact) mass is 258 g/mol. The molecule has 1 aromatic carbocycles. The Morgan fingerprint density at radius 1 is 1.32 bits per heavy atom. The molecule has 0 aliphatic heterocycles. The number of rotatable bonds is 6. The van der Waals surface area contributed by atoms with E-state index in [9.17, 15) is 4.79 Å². The van der Waals surface area contributed by atoms with Crippen LogP contribution >= 0.6 is 0 Å². The number of aromatic nitrogens is 2. The molecular weight excluding hydrogens is 240 g/mol. The van der Waals surface area contributed by atoms with Gasteiger partial charge in [-0.1, -0.05) is 18.2 Å². The number of aryl methyl sites for hydroxylation is 1. The van der Waals surface area contributed by atoms with Crippen LogP contribution in [-0.4, -0.2) is 22.4 Å². The van der Waals surface area contributed by atoms with Gasteiger partial charge < -0.3 is 16.0 Å². The van der Waals surface area contributed by atoms with Gasteiger partial charge in [-0.2, -0.15) is 0 Å². The standard InChI is InChI=1S/C14H18N4O/c15-12-4-2-1-3-11(12)5-6-14(19)18-8-7-13-16-9-10-17-13/h1-4,9-10H,5-8,15H2,(H,16,17)(H,18,19). The lowest BCUT2D eigenvalue weighted by atomic mass is 10.1. The lowest BCUT2D eigenvalue weighted by molar-refractivity contribution is -0.121. The fourth-order valence-corrected chi connectivity index (χ4v) is 1.85. The molecule has 5 nitrogen and oxygen atoms in total. The minimum atomic E-state index is 0.0369. The first-order valence-corrected chi connectivity index (χ1v) is 6.34. The number of carbonyl (C=O) groups excluding carboxylic acids is 1. The highest BCUT2D eigenvalue weighted by atomic mass is 16.1. The number of hydrogen-bond donors (Lipinski definition) is 3. The van der Waals surface area contributed by atoms with E-state index in [-0.39, 0.29) is 5.91 Å². The number of nitrogens with two attached hydrogens (primary N) is 1. The number of H-pyrrole nitrogens is 1. The van der Waals surface area contributed by atoms with Crippen LogP contribution in [0.1, 0.15) is 17.8 Å². The van der Waals surface area contributed by atoms with Gasteiger partial charge in [-0.05, 0) is 18.1 Å². The molecule has 1 amide bonds. The first kappa shape index (κ1) is 13.1. The number of nitrogens with zero attached hydrogens (tertiary/aromatic N) is 1. The molecule has 0 aliphatic rings. The zero-order valence-electron chi connectivity index (χ0n) is 10.7. The molecule has 100 valence electrons. The molecule has 0 saturated heterocycles. The number of imidazole rings is 1. The van der Waals surface area contributed by atoms with Gasteiger partial charge in [-0.15, -0.1) is 0 Å². The third kappa shape index (κ3) is 4.13. The minimum absolute atomic E-state index is 0.0369. The Morgan fingerprint density at radius 2 is 2.16 bits per heavy atom. The van der Waals surface area contributed by atoms with Crippen LogP contribution < -0.4 is 11.1 Å². The summed E-state index contributed by atoms with van der Waals surface area (Å²) in [5, 5.41) is 2.87. The Morgan fingerprint density at radius 3 is 2.89 bits per heavy atom. The Labute approximate surface area is 112 Å². The Kier molecular flexibility index (Phi) is 4.55. The average molecular weight is 258 g/mol. The van der Waals surface area contributed by atoms with Crippen molar-refractivity contribution in [3.8, 4) is 0 Å². The van der Waals surface area contributed by atoms with Crippen LogP contribution in [0.15, 0.2) is 36.7 Å². The van der Waals surface area contributed by atoms with Gasteiger partial charge >= 0.3 is 0 Å². The van der Waals surface area contributed by atoms with Gasteiger partial charge in [-0.25, -0.2) is 4.98 Å². The quantitative estimate of drug-likeness (QED) is 0.682. The number of anilines is 1. The maximum Gasteiger partial charge on any atom is 0.220 e. The lowest BCUT2D eigenvalue weighted by Crippen LogP contribution is -2.26. The zero-order valence-corrected chi connectivity index (χ0v) is 10.7. The molecule has 0 unspecified atom stereocenters. The molecule has 0 spiro atoms. The van der Waals surface area contributed by atoms with Crippen molar-refractivity contribution in [3.05, 3.63) is 48.0 Å². The van der Waals surface area contributed by atoms with Crippen LogP contribution in [0.25, 0.3) is 0 Å². The van der Waals surface area contributed by atoms with Crippen LogP contribution in [-0.2, 0) is 17.6 Å². The molecule has 0 aliphatic carbocycles. The molecular formula is C14H18N4O. The van der Waals surface area contributed by atoms with Gasteiger partial charge in [0, 0.05) is 37.5 Å². The zero-order chi connectivity index (χ0) is 13.5. The van der Waals surface area contributed by atoms with Crippen molar-refractivity contribution in [2.24, 2.45) is 0 Å².